The Labute approximate surface area is 161 Å². The smallest absolute Gasteiger partial charge is 0.233 e. The number of carbonyl (C=O) groups excluding carboxylic acids is 1. The topological polar surface area (TPSA) is 58.4 Å². The van der Waals surface area contributed by atoms with Gasteiger partial charge in [-0.15, -0.1) is 0 Å². The summed E-state index contributed by atoms with van der Waals surface area (Å²) in [6.45, 7) is 1.44. The Morgan fingerprint density at radius 1 is 1.19 bits per heavy atom. The SMILES string of the molecule is Cn1ccnc1C(O)C1CCN(C(=O)C2(c3ccccc3)CCCC2)CC1. The quantitative estimate of drug-likeness (QED) is 0.903. The molecule has 2 heterocycles. The largest absolute Gasteiger partial charge is 0.385 e. The summed E-state index contributed by atoms with van der Waals surface area (Å²) in [5.41, 5.74) is 0.828. The maximum absolute atomic E-state index is 13.5. The van der Waals surface area contributed by atoms with Crippen LogP contribution < -0.4 is 0 Å². The van der Waals surface area contributed by atoms with Crippen LogP contribution in [0, 0.1) is 5.92 Å². The molecule has 1 saturated carbocycles. The Morgan fingerprint density at radius 2 is 1.85 bits per heavy atom. The lowest BCUT2D eigenvalue weighted by atomic mass is 9.77. The lowest BCUT2D eigenvalue weighted by molar-refractivity contribution is -0.139. The molecular weight excluding hydrogens is 338 g/mol. The number of amides is 1. The average molecular weight is 367 g/mol. The molecule has 1 aromatic heterocycles. The molecule has 1 atom stereocenters. The number of carbonyl (C=O) groups is 1. The minimum Gasteiger partial charge on any atom is -0.385 e. The van der Waals surface area contributed by atoms with Gasteiger partial charge in [-0.05, 0) is 37.2 Å². The molecule has 1 aliphatic carbocycles. The Hall–Kier alpha value is -2.14. The number of likely N-dealkylation sites (tertiary alicyclic amines) is 1. The van der Waals surface area contributed by atoms with Crippen molar-refractivity contribution in [3.8, 4) is 0 Å². The zero-order valence-corrected chi connectivity index (χ0v) is 16.1. The fourth-order valence-corrected chi connectivity index (χ4v) is 4.96. The van der Waals surface area contributed by atoms with E-state index in [1.54, 1.807) is 6.20 Å². The second-order valence-electron chi connectivity index (χ2n) is 8.13. The summed E-state index contributed by atoms with van der Waals surface area (Å²) < 4.78 is 1.88. The van der Waals surface area contributed by atoms with Crippen molar-refractivity contribution < 1.29 is 9.90 Å². The van der Waals surface area contributed by atoms with Crippen LogP contribution in [0.2, 0.25) is 0 Å². The molecule has 0 radical (unpaired) electrons. The van der Waals surface area contributed by atoms with E-state index >= 15 is 0 Å². The predicted molar refractivity (Wildman–Crippen MR) is 104 cm³/mol. The van der Waals surface area contributed by atoms with Crippen molar-refractivity contribution in [1.82, 2.24) is 14.5 Å². The zero-order chi connectivity index (χ0) is 18.9. The number of aliphatic hydroxyl groups excluding tert-OH is 1. The molecule has 1 N–H and O–H groups in total. The van der Waals surface area contributed by atoms with E-state index in [1.807, 2.05) is 40.9 Å². The molecule has 1 amide bonds. The normalized spacial score (nSPS) is 21.3. The number of hydrogen-bond acceptors (Lipinski definition) is 3. The number of imidazole rings is 1. The van der Waals surface area contributed by atoms with E-state index < -0.39 is 6.10 Å². The number of rotatable bonds is 4. The summed E-state index contributed by atoms with van der Waals surface area (Å²) >= 11 is 0. The van der Waals surface area contributed by atoms with E-state index in [2.05, 4.69) is 17.1 Å². The Balaban J connectivity index is 1.46. The first kappa shape index (κ1) is 18.2. The highest BCUT2D eigenvalue weighted by Crippen LogP contribution is 2.43. The maximum Gasteiger partial charge on any atom is 0.233 e. The van der Waals surface area contributed by atoms with Gasteiger partial charge in [-0.3, -0.25) is 4.79 Å². The molecule has 5 heteroatoms. The van der Waals surface area contributed by atoms with Gasteiger partial charge in [0.2, 0.25) is 5.91 Å². The number of aryl methyl sites for hydroxylation is 1. The fourth-order valence-electron chi connectivity index (χ4n) is 4.96. The number of nitrogens with zero attached hydrogens (tertiary/aromatic N) is 3. The first-order valence-electron chi connectivity index (χ1n) is 10.1. The van der Waals surface area contributed by atoms with Crippen LogP contribution in [0.1, 0.15) is 56.0 Å². The number of aromatic nitrogens is 2. The van der Waals surface area contributed by atoms with Crippen molar-refractivity contribution in [3.63, 3.8) is 0 Å². The summed E-state index contributed by atoms with van der Waals surface area (Å²) in [5.74, 6) is 1.17. The molecular formula is C22H29N3O2. The average Bonchev–Trinajstić information content (AvgIpc) is 3.38. The Bertz CT molecular complexity index is 772. The monoisotopic (exact) mass is 367 g/mol. The third kappa shape index (κ3) is 3.29. The molecule has 1 aliphatic heterocycles. The third-order valence-corrected chi connectivity index (χ3v) is 6.59. The van der Waals surface area contributed by atoms with E-state index in [4.69, 9.17) is 0 Å². The van der Waals surface area contributed by atoms with Crippen LogP contribution in [0.15, 0.2) is 42.7 Å². The van der Waals surface area contributed by atoms with Crippen LogP contribution >= 0.6 is 0 Å². The maximum atomic E-state index is 13.5. The summed E-state index contributed by atoms with van der Waals surface area (Å²) in [6.07, 6.45) is 8.81. The highest BCUT2D eigenvalue weighted by molar-refractivity contribution is 5.88. The van der Waals surface area contributed by atoms with Crippen molar-refractivity contribution >= 4 is 5.91 Å². The van der Waals surface area contributed by atoms with Gasteiger partial charge >= 0.3 is 0 Å². The number of aliphatic hydroxyl groups is 1. The highest BCUT2D eigenvalue weighted by atomic mass is 16.3. The van der Waals surface area contributed by atoms with Crippen molar-refractivity contribution in [2.45, 2.75) is 50.0 Å². The van der Waals surface area contributed by atoms with Gasteiger partial charge in [0.05, 0.1) is 5.41 Å². The summed E-state index contributed by atoms with van der Waals surface area (Å²) in [4.78, 5) is 19.9. The molecule has 2 aromatic rings. The first-order chi connectivity index (χ1) is 13.1. The molecule has 1 aromatic carbocycles. The molecule has 2 fully saturated rings. The molecule has 2 aliphatic rings. The second kappa shape index (κ2) is 7.47. The number of piperidine rings is 1. The van der Waals surface area contributed by atoms with E-state index in [-0.39, 0.29) is 17.2 Å². The summed E-state index contributed by atoms with van der Waals surface area (Å²) in [5, 5.41) is 10.7. The first-order valence-corrected chi connectivity index (χ1v) is 10.1. The lowest BCUT2D eigenvalue weighted by Gasteiger charge is -2.39. The molecule has 4 rings (SSSR count). The minimum atomic E-state index is -0.559. The van der Waals surface area contributed by atoms with Gasteiger partial charge in [0.15, 0.2) is 0 Å². The lowest BCUT2D eigenvalue weighted by Crippen LogP contribution is -2.49. The van der Waals surface area contributed by atoms with Crippen LogP contribution in [0.3, 0.4) is 0 Å². The molecule has 1 saturated heterocycles. The van der Waals surface area contributed by atoms with Gasteiger partial charge in [-0.25, -0.2) is 4.98 Å². The van der Waals surface area contributed by atoms with Crippen LogP contribution in [0.5, 0.6) is 0 Å². The van der Waals surface area contributed by atoms with Crippen molar-refractivity contribution in [3.05, 3.63) is 54.1 Å². The van der Waals surface area contributed by atoms with Gasteiger partial charge < -0.3 is 14.6 Å². The molecule has 0 bridgehead atoms. The third-order valence-electron chi connectivity index (χ3n) is 6.59. The molecule has 0 spiro atoms. The van der Waals surface area contributed by atoms with E-state index in [0.29, 0.717) is 0 Å². The predicted octanol–water partition coefficient (Wildman–Crippen LogP) is 3.20. The highest BCUT2D eigenvalue weighted by Gasteiger charge is 2.45. The van der Waals surface area contributed by atoms with Gasteiger partial charge in [0, 0.05) is 32.5 Å². The van der Waals surface area contributed by atoms with E-state index in [9.17, 15) is 9.90 Å². The summed E-state index contributed by atoms with van der Waals surface area (Å²) in [7, 11) is 1.91. The van der Waals surface area contributed by atoms with E-state index in [1.165, 1.54) is 5.56 Å². The van der Waals surface area contributed by atoms with Crippen molar-refractivity contribution in [1.29, 1.82) is 0 Å². The van der Waals surface area contributed by atoms with Gasteiger partial charge in [-0.1, -0.05) is 43.2 Å². The Kier molecular flexibility index (Phi) is 5.04. The number of hydrogen-bond donors (Lipinski definition) is 1. The Morgan fingerprint density at radius 3 is 2.44 bits per heavy atom. The zero-order valence-electron chi connectivity index (χ0n) is 16.1. The van der Waals surface area contributed by atoms with Crippen LogP contribution in [-0.4, -0.2) is 38.6 Å². The van der Waals surface area contributed by atoms with E-state index in [0.717, 1.165) is 57.4 Å². The molecule has 144 valence electrons. The second-order valence-corrected chi connectivity index (χ2v) is 8.13. The van der Waals surface area contributed by atoms with Crippen LogP contribution in [-0.2, 0) is 17.3 Å². The van der Waals surface area contributed by atoms with Gasteiger partial charge in [0.25, 0.3) is 0 Å². The standard InChI is InChI=1S/C22H29N3O2/c1-24-16-13-23-20(24)19(26)17-9-14-25(15-10-17)21(27)22(11-5-6-12-22)18-7-3-2-4-8-18/h2-4,7-8,13,16-17,19,26H,5-6,9-12,14-15H2,1H3. The van der Waals surface area contributed by atoms with Crippen molar-refractivity contribution in [2.75, 3.05) is 13.1 Å². The molecule has 1 unspecified atom stereocenters. The van der Waals surface area contributed by atoms with Gasteiger partial charge in [-0.2, -0.15) is 0 Å². The van der Waals surface area contributed by atoms with Crippen LogP contribution in [0.25, 0.3) is 0 Å². The fraction of sp³-hybridized carbons (Fsp3) is 0.545. The molecule has 27 heavy (non-hydrogen) atoms. The number of benzene rings is 1. The molecule has 5 nitrogen and oxygen atoms in total. The van der Waals surface area contributed by atoms with Crippen LogP contribution in [0.4, 0.5) is 0 Å². The summed E-state index contributed by atoms with van der Waals surface area (Å²) in [6, 6.07) is 10.3. The van der Waals surface area contributed by atoms with Crippen molar-refractivity contribution in [2.24, 2.45) is 13.0 Å². The van der Waals surface area contributed by atoms with Gasteiger partial charge in [0.1, 0.15) is 11.9 Å². The minimum absolute atomic E-state index is 0.159.